The molecular weight excluding hydrogens is 373 g/mol. The van der Waals surface area contributed by atoms with Crippen LogP contribution in [0.25, 0.3) is 0 Å². The fraction of sp³-hybridized carbons (Fsp3) is 0.647. The smallest absolute Gasteiger partial charge is 0.387 e. The third kappa shape index (κ3) is 5.66. The van der Waals surface area contributed by atoms with Crippen molar-refractivity contribution in [3.63, 3.8) is 0 Å². The Labute approximate surface area is 158 Å². The summed E-state index contributed by atoms with van der Waals surface area (Å²) >= 11 is 6.00. The highest BCUT2D eigenvalue weighted by Crippen LogP contribution is 2.31. The molecule has 0 bridgehead atoms. The van der Waals surface area contributed by atoms with E-state index in [1.807, 2.05) is 0 Å². The van der Waals surface area contributed by atoms with E-state index >= 15 is 0 Å². The van der Waals surface area contributed by atoms with Crippen molar-refractivity contribution in [3.8, 4) is 5.75 Å². The van der Waals surface area contributed by atoms with Crippen LogP contribution in [-0.4, -0.2) is 38.5 Å². The molecule has 3 unspecified atom stereocenters. The average molecular weight is 397 g/mol. The molecule has 1 heterocycles. The number of rotatable bonds is 6. The molecule has 1 aliphatic carbocycles. The van der Waals surface area contributed by atoms with Gasteiger partial charge in [-0.3, -0.25) is 0 Å². The molecule has 0 aromatic heterocycles. The van der Waals surface area contributed by atoms with Gasteiger partial charge in [0.25, 0.3) is 0 Å². The van der Waals surface area contributed by atoms with Gasteiger partial charge < -0.3 is 20.1 Å². The maximum absolute atomic E-state index is 12.5. The predicted molar refractivity (Wildman–Crippen MR) is 95.9 cm³/mol. The first-order valence-electron chi connectivity index (χ1n) is 8.41. The number of halogens is 4. The number of morpholine rings is 1. The van der Waals surface area contributed by atoms with Crippen LogP contribution in [0.15, 0.2) is 18.2 Å². The summed E-state index contributed by atoms with van der Waals surface area (Å²) in [5.74, 6) is 0.666. The second-order valence-electron chi connectivity index (χ2n) is 6.35. The van der Waals surface area contributed by atoms with Crippen LogP contribution < -0.4 is 15.4 Å². The minimum atomic E-state index is -2.84. The number of alkyl halides is 2. The molecule has 1 saturated heterocycles. The molecule has 2 aliphatic rings. The van der Waals surface area contributed by atoms with Crippen LogP contribution in [0.2, 0.25) is 5.02 Å². The molecule has 3 rings (SSSR count). The minimum Gasteiger partial charge on any atom is -0.434 e. The van der Waals surface area contributed by atoms with Crippen molar-refractivity contribution in [3.05, 3.63) is 28.8 Å². The van der Waals surface area contributed by atoms with Crippen LogP contribution in [0.5, 0.6) is 5.75 Å². The van der Waals surface area contributed by atoms with Crippen molar-refractivity contribution in [2.75, 3.05) is 19.8 Å². The Bertz CT molecular complexity index is 545. The lowest BCUT2D eigenvalue weighted by molar-refractivity contribution is -0.0505. The lowest BCUT2D eigenvalue weighted by Gasteiger charge is -2.33. The highest BCUT2D eigenvalue weighted by atomic mass is 35.5. The zero-order valence-corrected chi connectivity index (χ0v) is 15.4. The first-order valence-corrected chi connectivity index (χ1v) is 8.79. The van der Waals surface area contributed by atoms with Gasteiger partial charge in [-0.1, -0.05) is 18.0 Å². The molecule has 1 aromatic rings. The molecular formula is C17H24Cl2F2N2O2. The Balaban J connectivity index is 0.00000225. The van der Waals surface area contributed by atoms with Crippen molar-refractivity contribution < 1.29 is 18.3 Å². The number of nitrogens with one attached hydrogen (secondary N) is 2. The lowest BCUT2D eigenvalue weighted by atomic mass is 9.94. The summed E-state index contributed by atoms with van der Waals surface area (Å²) in [4.78, 5) is 0. The Morgan fingerprint density at radius 2 is 2.20 bits per heavy atom. The molecule has 1 saturated carbocycles. The van der Waals surface area contributed by atoms with Gasteiger partial charge in [-0.15, -0.1) is 12.4 Å². The summed E-state index contributed by atoms with van der Waals surface area (Å²) in [6, 6.07) is 5.43. The Morgan fingerprint density at radius 1 is 1.36 bits per heavy atom. The van der Waals surface area contributed by atoms with E-state index in [4.69, 9.17) is 16.3 Å². The number of hydrogen-bond donors (Lipinski definition) is 2. The third-order valence-corrected chi connectivity index (χ3v) is 5.06. The van der Waals surface area contributed by atoms with Gasteiger partial charge in [0.2, 0.25) is 0 Å². The van der Waals surface area contributed by atoms with E-state index in [9.17, 15) is 8.78 Å². The molecule has 0 spiro atoms. The number of ether oxygens (including phenoxy) is 2. The second kappa shape index (κ2) is 9.88. The topological polar surface area (TPSA) is 42.5 Å². The highest BCUT2D eigenvalue weighted by Gasteiger charge is 2.34. The maximum Gasteiger partial charge on any atom is 0.387 e. The number of hydrogen-bond acceptors (Lipinski definition) is 4. The van der Waals surface area contributed by atoms with Crippen molar-refractivity contribution in [1.29, 1.82) is 0 Å². The first kappa shape index (κ1) is 20.6. The van der Waals surface area contributed by atoms with Crippen LogP contribution in [0.1, 0.15) is 24.8 Å². The summed E-state index contributed by atoms with van der Waals surface area (Å²) in [5, 5.41) is 7.55. The molecule has 8 heteroatoms. The normalized spacial score (nSPS) is 26.5. The fourth-order valence-electron chi connectivity index (χ4n) is 3.72. The Hall–Kier alpha value is -0.660. The quantitative estimate of drug-likeness (QED) is 0.770. The van der Waals surface area contributed by atoms with Crippen LogP contribution in [0.4, 0.5) is 8.78 Å². The molecule has 1 aromatic carbocycles. The van der Waals surface area contributed by atoms with Crippen molar-refractivity contribution in [1.82, 2.24) is 10.6 Å². The fourth-order valence-corrected chi connectivity index (χ4v) is 3.92. The van der Waals surface area contributed by atoms with E-state index in [1.165, 1.54) is 6.07 Å². The van der Waals surface area contributed by atoms with Gasteiger partial charge >= 0.3 is 6.61 Å². The molecule has 0 radical (unpaired) electrons. The van der Waals surface area contributed by atoms with E-state index in [0.717, 1.165) is 39.0 Å². The van der Waals surface area contributed by atoms with E-state index in [1.54, 1.807) is 12.1 Å². The standard InChI is InChI=1S/C17H23ClF2N2O2.ClH/c18-12-4-5-16(24-17(19)20)11(8-12)9-22-14-3-1-2-13(14)15-10-23-7-6-21-15;/h4-5,8,13-15,17,21-22H,1-3,6-7,9-10H2;1H. The summed E-state index contributed by atoms with van der Waals surface area (Å²) in [6.45, 7) is -0.00292. The average Bonchev–Trinajstić information content (AvgIpc) is 3.04. The molecule has 4 nitrogen and oxygen atoms in total. The van der Waals surface area contributed by atoms with E-state index < -0.39 is 6.61 Å². The summed E-state index contributed by atoms with van der Waals surface area (Å²) < 4.78 is 35.3. The zero-order chi connectivity index (χ0) is 16.9. The van der Waals surface area contributed by atoms with Gasteiger partial charge in [-0.2, -0.15) is 8.78 Å². The molecule has 1 aliphatic heterocycles. The lowest BCUT2D eigenvalue weighted by Crippen LogP contribution is -2.50. The van der Waals surface area contributed by atoms with E-state index in [2.05, 4.69) is 15.4 Å². The van der Waals surface area contributed by atoms with Gasteiger partial charge in [0.15, 0.2) is 0 Å². The van der Waals surface area contributed by atoms with Gasteiger partial charge in [-0.05, 0) is 37.0 Å². The van der Waals surface area contributed by atoms with Crippen LogP contribution in [-0.2, 0) is 11.3 Å². The summed E-state index contributed by atoms with van der Waals surface area (Å²) in [5.41, 5.74) is 0.654. The minimum absolute atomic E-state index is 0. The SMILES string of the molecule is Cl.FC(F)Oc1ccc(Cl)cc1CNC1CCCC1C1COCCN1. The van der Waals surface area contributed by atoms with Crippen molar-refractivity contribution in [2.24, 2.45) is 5.92 Å². The molecule has 2 N–H and O–H groups in total. The van der Waals surface area contributed by atoms with Gasteiger partial charge in [0, 0.05) is 35.8 Å². The molecule has 2 fully saturated rings. The van der Waals surface area contributed by atoms with Gasteiger partial charge in [-0.25, -0.2) is 0 Å². The van der Waals surface area contributed by atoms with Gasteiger partial charge in [0.1, 0.15) is 5.75 Å². The van der Waals surface area contributed by atoms with Gasteiger partial charge in [0.05, 0.1) is 13.2 Å². The van der Waals surface area contributed by atoms with Crippen molar-refractivity contribution >= 4 is 24.0 Å². The van der Waals surface area contributed by atoms with E-state index in [0.29, 0.717) is 35.1 Å². The van der Waals surface area contributed by atoms with Crippen LogP contribution in [0, 0.1) is 5.92 Å². The van der Waals surface area contributed by atoms with Crippen LogP contribution >= 0.6 is 24.0 Å². The second-order valence-corrected chi connectivity index (χ2v) is 6.78. The third-order valence-electron chi connectivity index (χ3n) is 4.83. The molecule has 25 heavy (non-hydrogen) atoms. The molecule has 142 valence electrons. The maximum atomic E-state index is 12.5. The number of benzene rings is 1. The van der Waals surface area contributed by atoms with Crippen LogP contribution in [0.3, 0.4) is 0 Å². The predicted octanol–water partition coefficient (Wildman–Crippen LogP) is 3.61. The first-order chi connectivity index (χ1) is 11.6. The van der Waals surface area contributed by atoms with Crippen molar-refractivity contribution in [2.45, 2.75) is 44.5 Å². The van der Waals surface area contributed by atoms with E-state index in [-0.39, 0.29) is 18.2 Å². The Kier molecular flexibility index (Phi) is 8.16. The monoisotopic (exact) mass is 396 g/mol. The summed E-state index contributed by atoms with van der Waals surface area (Å²) in [6.07, 6.45) is 3.39. The Morgan fingerprint density at radius 3 is 2.92 bits per heavy atom. The molecule has 0 amide bonds. The highest BCUT2D eigenvalue weighted by molar-refractivity contribution is 6.30. The molecule has 3 atom stereocenters. The zero-order valence-electron chi connectivity index (χ0n) is 13.8. The largest absolute Gasteiger partial charge is 0.434 e. The summed E-state index contributed by atoms with van der Waals surface area (Å²) in [7, 11) is 0.